The standard InChI is InChI=1S/C22H24FN5S/c1-14(2)20-10-18-21(25-13-26-22(18)29-20)27-17-5-7-28(8-6-17)12-16-9-15(11-24)3-4-19(16)23/h3-4,9-10,13-14,17H,5-8,12H2,1-2H3,(H,25,26,27)/i1D3,2D3,5D2,6D2,10D,12D,13D,14D,17D/hD. The highest BCUT2D eigenvalue weighted by Crippen LogP contribution is 2.33. The number of halogens is 1. The largest absolute Gasteiger partial charge is 0.367 e. The fourth-order valence-electron chi connectivity index (χ4n) is 2.60. The second-order valence-corrected chi connectivity index (χ2v) is 6.95. The third-order valence-corrected chi connectivity index (χ3v) is 4.97. The molecule has 1 aromatic carbocycles. The van der Waals surface area contributed by atoms with Crippen LogP contribution < -0.4 is 5.31 Å². The van der Waals surface area contributed by atoms with Crippen molar-refractivity contribution in [2.24, 2.45) is 0 Å². The summed E-state index contributed by atoms with van der Waals surface area (Å²) in [5.74, 6) is -5.17. The molecule has 4 rings (SSSR count). The molecule has 0 radical (unpaired) electrons. The van der Waals surface area contributed by atoms with Gasteiger partial charge in [-0.2, -0.15) is 5.26 Å². The number of likely N-dealkylation sites (tertiary alicyclic amines) is 1. The molecule has 1 fully saturated rings. The van der Waals surface area contributed by atoms with E-state index in [1.807, 2.05) is 0 Å². The van der Waals surface area contributed by atoms with Crippen LogP contribution in [0.5, 0.6) is 0 Å². The number of anilines is 1. The maximum atomic E-state index is 14.6. The third-order valence-electron chi connectivity index (χ3n) is 3.97. The average molecular weight is 426 g/mol. The van der Waals surface area contributed by atoms with Crippen molar-refractivity contribution in [3.05, 3.63) is 52.4 Å². The van der Waals surface area contributed by atoms with Gasteiger partial charge in [0.15, 0.2) is 1.41 Å². The smallest absolute Gasteiger partial charge is 0.162 e. The number of nitrogens with zero attached hydrogens (tertiary/aromatic N) is 4. The topological polar surface area (TPSA) is 64.8 Å². The normalized spacial score (nSPS) is 30.6. The van der Waals surface area contributed by atoms with E-state index < -0.39 is 97.0 Å². The quantitative estimate of drug-likeness (QED) is 0.630. The summed E-state index contributed by atoms with van der Waals surface area (Å²) in [6.45, 7) is -10.6. The highest BCUT2D eigenvalue weighted by Gasteiger charge is 2.21. The van der Waals surface area contributed by atoms with Crippen LogP contribution in [0.3, 0.4) is 0 Å². The van der Waals surface area contributed by atoms with Crippen molar-refractivity contribution < 1.29 is 26.4 Å². The van der Waals surface area contributed by atoms with Crippen LogP contribution in [-0.4, -0.2) is 34.0 Å². The molecule has 1 aliphatic heterocycles. The summed E-state index contributed by atoms with van der Waals surface area (Å²) in [6.07, 6.45) is -7.02. The van der Waals surface area contributed by atoms with Crippen LogP contribution in [0.4, 0.5) is 10.2 Å². The first-order valence-electron chi connectivity index (χ1n) is 16.3. The first kappa shape index (κ1) is 8.29. The molecule has 29 heavy (non-hydrogen) atoms. The minimum atomic E-state index is -3.51. The van der Waals surface area contributed by atoms with Gasteiger partial charge in [0.05, 0.1) is 19.8 Å². The Balaban J connectivity index is 1.87. The number of aromatic nitrogens is 2. The van der Waals surface area contributed by atoms with Crippen LogP contribution in [0, 0.1) is 17.1 Å². The molecule has 0 saturated carbocycles. The van der Waals surface area contributed by atoms with E-state index in [9.17, 15) is 4.39 Å². The number of hydrogen-bond donors (Lipinski definition) is 1. The van der Waals surface area contributed by atoms with E-state index in [-0.39, 0.29) is 27.8 Å². The summed E-state index contributed by atoms with van der Waals surface area (Å²) in [5.41, 5.74) is -0.364. The van der Waals surface area contributed by atoms with Crippen molar-refractivity contribution in [1.29, 1.82) is 5.26 Å². The van der Waals surface area contributed by atoms with Gasteiger partial charge in [0, 0.05) is 52.5 Å². The van der Waals surface area contributed by atoms with E-state index in [1.54, 1.807) is 6.07 Å². The Morgan fingerprint density at radius 2 is 2.41 bits per heavy atom. The highest BCUT2D eigenvalue weighted by atomic mass is 32.1. The molecule has 3 aromatic rings. The first-order chi connectivity index (χ1) is 20.4. The van der Waals surface area contributed by atoms with Gasteiger partial charge in [-0.1, -0.05) is 13.7 Å². The summed E-state index contributed by atoms with van der Waals surface area (Å²) in [5, 5.41) is 8.54. The number of benzene rings is 1. The minimum absolute atomic E-state index is 0.00663. The zero-order chi connectivity index (χ0) is 34.3. The predicted octanol–water partition coefficient (Wildman–Crippen LogP) is 4.90. The monoisotopic (exact) mass is 425 g/mol. The molecule has 1 saturated heterocycles. The number of piperidine rings is 1. The van der Waals surface area contributed by atoms with Gasteiger partial charge in [0.1, 0.15) is 24.1 Å². The van der Waals surface area contributed by atoms with Crippen LogP contribution in [0.2, 0.25) is 1.41 Å². The number of rotatable bonds is 5. The molecular formula is C22H24FN5S. The lowest BCUT2D eigenvalue weighted by atomic mass is 10.0. The van der Waals surface area contributed by atoms with Crippen molar-refractivity contribution in [1.82, 2.24) is 14.9 Å². The zero-order valence-electron chi connectivity index (χ0n) is 30.7. The third kappa shape index (κ3) is 4.39. The molecule has 0 amide bonds. The lowest BCUT2D eigenvalue weighted by Gasteiger charge is -2.32. The molecule has 0 bridgehead atoms. The van der Waals surface area contributed by atoms with Gasteiger partial charge in [-0.05, 0) is 42.9 Å². The van der Waals surface area contributed by atoms with Crippen LogP contribution >= 0.6 is 11.3 Å². The molecular weight excluding hydrogens is 385 g/mol. The Hall–Kier alpha value is -2.56. The molecule has 0 spiro atoms. The summed E-state index contributed by atoms with van der Waals surface area (Å²) >= 11 is 0.266. The lowest BCUT2D eigenvalue weighted by Crippen LogP contribution is -2.39. The van der Waals surface area contributed by atoms with Gasteiger partial charge in [0.2, 0.25) is 0 Å². The van der Waals surface area contributed by atoms with Gasteiger partial charge in [-0.3, -0.25) is 4.90 Å². The van der Waals surface area contributed by atoms with Crippen molar-refractivity contribution >= 4 is 27.4 Å². The van der Waals surface area contributed by atoms with Crippen molar-refractivity contribution in [2.75, 3.05) is 18.4 Å². The van der Waals surface area contributed by atoms with Crippen LogP contribution in [0.25, 0.3) is 10.2 Å². The number of nitriles is 1. The average Bonchev–Trinajstić information content (AvgIpc) is 3.24. The predicted molar refractivity (Wildman–Crippen MR) is 115 cm³/mol. The van der Waals surface area contributed by atoms with E-state index in [0.717, 1.165) is 23.1 Å². The highest BCUT2D eigenvalue weighted by molar-refractivity contribution is 7.18. The van der Waals surface area contributed by atoms with Gasteiger partial charge in [-0.15, -0.1) is 11.3 Å². The molecule has 1 N–H and O–H groups in total. The van der Waals surface area contributed by atoms with Gasteiger partial charge < -0.3 is 5.31 Å². The zero-order valence-corrected chi connectivity index (χ0v) is 15.6. The molecule has 0 aliphatic carbocycles. The van der Waals surface area contributed by atoms with Gasteiger partial charge in [-0.25, -0.2) is 14.4 Å². The Kier molecular flexibility index (Phi) is 2.41. The van der Waals surface area contributed by atoms with Crippen LogP contribution in [0.1, 0.15) is 68.9 Å². The van der Waals surface area contributed by atoms with Crippen LogP contribution in [0.15, 0.2) is 30.5 Å². The fourth-order valence-corrected chi connectivity index (χ4v) is 3.37. The molecule has 7 heteroatoms. The minimum Gasteiger partial charge on any atom is -0.367 e. The van der Waals surface area contributed by atoms with E-state index in [0.29, 0.717) is 0 Å². The first-order valence-corrected chi connectivity index (χ1v) is 9.10. The molecule has 3 heterocycles. The SMILES string of the molecule is [2H]c1nc(N([2H])C2([2H])C([2H])([2H])CN(C([2H])c3cc(C#N)ccc3F)CC2([2H])[2H])c2c([2H])c(C([2H])(C([2H])([2H])[2H])C([2H])([2H])[2H])sc2n1. The molecule has 1 aliphatic rings. The van der Waals surface area contributed by atoms with Crippen molar-refractivity contribution in [2.45, 2.75) is 44.9 Å². The second kappa shape index (κ2) is 8.44. The number of thiophene rings is 1. The Bertz CT molecular complexity index is 1650. The summed E-state index contributed by atoms with van der Waals surface area (Å²) in [4.78, 5) is 7.10. The molecule has 150 valence electrons. The Morgan fingerprint density at radius 1 is 1.59 bits per heavy atom. The van der Waals surface area contributed by atoms with E-state index in [1.165, 1.54) is 0 Å². The summed E-state index contributed by atoms with van der Waals surface area (Å²) in [7, 11) is 0. The summed E-state index contributed by atoms with van der Waals surface area (Å²) in [6, 6.07) is 0.742. The Labute approximate surface area is 196 Å². The van der Waals surface area contributed by atoms with E-state index in [2.05, 4.69) is 9.97 Å². The Morgan fingerprint density at radius 3 is 3.17 bits per heavy atom. The number of nitrogens with one attached hydrogen (secondary N) is 1. The maximum Gasteiger partial charge on any atom is 0.162 e. The fraction of sp³-hybridized carbons (Fsp3) is 0.409. The summed E-state index contributed by atoms with van der Waals surface area (Å²) < 4.78 is 148. The maximum absolute atomic E-state index is 14.6. The molecule has 2 aromatic heterocycles. The number of hydrogen-bond acceptors (Lipinski definition) is 6. The van der Waals surface area contributed by atoms with Gasteiger partial charge >= 0.3 is 0 Å². The van der Waals surface area contributed by atoms with Gasteiger partial charge in [0.25, 0.3) is 0 Å². The number of fused-ring (bicyclic) bond motifs is 1. The molecule has 1 atom stereocenters. The van der Waals surface area contributed by atoms with Crippen molar-refractivity contribution in [3.8, 4) is 6.07 Å². The molecule has 1 unspecified atom stereocenters. The van der Waals surface area contributed by atoms with Crippen molar-refractivity contribution in [3.63, 3.8) is 0 Å². The molecule has 5 nitrogen and oxygen atoms in total. The van der Waals surface area contributed by atoms with E-state index in [4.69, 9.17) is 27.2 Å². The lowest BCUT2D eigenvalue weighted by molar-refractivity contribution is 0.209. The van der Waals surface area contributed by atoms with E-state index >= 15 is 0 Å². The second-order valence-electron chi connectivity index (χ2n) is 5.95. The van der Waals surface area contributed by atoms with Crippen LogP contribution in [-0.2, 0) is 6.52 Å².